The fraction of sp³-hybridized carbons (Fsp3) is 0.462. The molecule has 0 heterocycles. The van der Waals surface area contributed by atoms with Crippen LogP contribution in [0, 0.1) is 22.0 Å². The van der Waals surface area contributed by atoms with E-state index in [2.05, 4.69) is 26.1 Å². The summed E-state index contributed by atoms with van der Waals surface area (Å²) in [6.07, 6.45) is 0. The van der Waals surface area contributed by atoms with Crippen molar-refractivity contribution in [3.05, 3.63) is 33.9 Å². The lowest BCUT2D eigenvalue weighted by molar-refractivity contribution is -0.384. The van der Waals surface area contributed by atoms with Crippen molar-refractivity contribution in [2.75, 3.05) is 11.9 Å². The van der Waals surface area contributed by atoms with Crippen molar-refractivity contribution in [3.63, 3.8) is 0 Å². The zero-order chi connectivity index (χ0) is 14.6. The van der Waals surface area contributed by atoms with Gasteiger partial charge in [0.25, 0.3) is 5.69 Å². The van der Waals surface area contributed by atoms with Gasteiger partial charge in [-0.2, -0.15) is 0 Å². The summed E-state index contributed by atoms with van der Waals surface area (Å²) in [6.45, 7) is 6.85. The van der Waals surface area contributed by atoms with E-state index in [9.17, 15) is 14.9 Å². The summed E-state index contributed by atoms with van der Waals surface area (Å²) < 4.78 is 0. The topological polar surface area (TPSA) is 92.5 Å². The van der Waals surface area contributed by atoms with E-state index in [-0.39, 0.29) is 11.3 Å². The Labute approximate surface area is 111 Å². The lowest BCUT2D eigenvalue weighted by Gasteiger charge is -2.17. The predicted molar refractivity (Wildman–Crippen MR) is 72.5 cm³/mol. The molecule has 1 unspecified atom stereocenters. The van der Waals surface area contributed by atoms with Gasteiger partial charge >= 0.3 is 5.97 Å². The third-order valence-corrected chi connectivity index (χ3v) is 3.20. The van der Waals surface area contributed by atoms with Crippen molar-refractivity contribution >= 4 is 17.3 Å². The van der Waals surface area contributed by atoms with E-state index in [1.54, 1.807) is 0 Å². The maximum Gasteiger partial charge on any atom is 0.338 e. The summed E-state index contributed by atoms with van der Waals surface area (Å²) in [5.74, 6) is -0.334. The van der Waals surface area contributed by atoms with Gasteiger partial charge in [0.05, 0.1) is 10.5 Å². The van der Waals surface area contributed by atoms with E-state index >= 15 is 0 Å². The van der Waals surface area contributed by atoms with Crippen LogP contribution in [-0.2, 0) is 0 Å². The van der Waals surface area contributed by atoms with Crippen LogP contribution in [0.2, 0.25) is 0 Å². The average molecular weight is 266 g/mol. The second kappa shape index (κ2) is 6.17. The van der Waals surface area contributed by atoms with Crippen LogP contribution in [0.1, 0.15) is 31.1 Å². The van der Waals surface area contributed by atoms with Crippen LogP contribution < -0.4 is 5.32 Å². The molecule has 0 amide bonds. The molecule has 0 aliphatic rings. The van der Waals surface area contributed by atoms with Crippen LogP contribution in [0.25, 0.3) is 0 Å². The van der Waals surface area contributed by atoms with E-state index in [1.807, 2.05) is 0 Å². The second-order valence-corrected chi connectivity index (χ2v) is 4.89. The molecule has 0 radical (unpaired) electrons. The molecule has 0 saturated carbocycles. The molecule has 0 fully saturated rings. The molecular formula is C13H18N2O4. The Hall–Kier alpha value is -2.11. The highest BCUT2D eigenvalue weighted by Gasteiger charge is 2.16. The molecule has 0 aliphatic heterocycles. The molecule has 104 valence electrons. The Bertz CT molecular complexity index is 486. The minimum Gasteiger partial charge on any atom is -0.478 e. The number of carbonyl (C=O) groups is 1. The molecular weight excluding hydrogens is 248 g/mol. The first-order valence-corrected chi connectivity index (χ1v) is 6.08. The normalized spacial score (nSPS) is 12.2. The Morgan fingerprint density at radius 1 is 1.42 bits per heavy atom. The van der Waals surface area contributed by atoms with Gasteiger partial charge in [0, 0.05) is 24.4 Å². The number of carboxylic acid groups (broad SMARTS) is 1. The van der Waals surface area contributed by atoms with E-state index in [4.69, 9.17) is 5.11 Å². The highest BCUT2D eigenvalue weighted by atomic mass is 16.6. The molecule has 1 atom stereocenters. The Kier molecular flexibility index (Phi) is 4.86. The standard InChI is InChI=1S/C13H18N2O4/c1-8(2)9(3)7-14-12-5-4-10(15(18)19)6-11(12)13(16)17/h4-6,8-9,14H,7H2,1-3H3,(H,16,17). The van der Waals surface area contributed by atoms with Crippen molar-refractivity contribution in [1.82, 2.24) is 0 Å². The van der Waals surface area contributed by atoms with E-state index in [0.717, 1.165) is 6.07 Å². The lowest BCUT2D eigenvalue weighted by Crippen LogP contribution is -2.17. The number of aromatic carboxylic acids is 1. The quantitative estimate of drug-likeness (QED) is 0.610. The van der Waals surface area contributed by atoms with E-state index < -0.39 is 10.9 Å². The zero-order valence-electron chi connectivity index (χ0n) is 11.2. The fourth-order valence-corrected chi connectivity index (χ4v) is 1.48. The molecule has 0 spiro atoms. The molecule has 0 bridgehead atoms. The predicted octanol–water partition coefficient (Wildman–Crippen LogP) is 3.00. The third kappa shape index (κ3) is 3.94. The number of non-ortho nitro benzene ring substituents is 1. The molecule has 1 aromatic rings. The second-order valence-electron chi connectivity index (χ2n) is 4.89. The highest BCUT2D eigenvalue weighted by Crippen LogP contribution is 2.23. The van der Waals surface area contributed by atoms with Gasteiger partial charge in [0.1, 0.15) is 0 Å². The first-order valence-electron chi connectivity index (χ1n) is 6.08. The van der Waals surface area contributed by atoms with Crippen molar-refractivity contribution in [1.29, 1.82) is 0 Å². The minimum atomic E-state index is -1.18. The molecule has 1 rings (SSSR count). The van der Waals surface area contributed by atoms with Gasteiger partial charge in [-0.15, -0.1) is 0 Å². The molecule has 6 nitrogen and oxygen atoms in total. The van der Waals surface area contributed by atoms with Crippen molar-refractivity contribution in [2.45, 2.75) is 20.8 Å². The summed E-state index contributed by atoms with van der Waals surface area (Å²) in [5.41, 5.74) is 0.107. The summed E-state index contributed by atoms with van der Waals surface area (Å²) in [7, 11) is 0. The van der Waals surface area contributed by atoms with Gasteiger partial charge in [-0.1, -0.05) is 20.8 Å². The number of anilines is 1. The number of rotatable bonds is 6. The van der Waals surface area contributed by atoms with Gasteiger partial charge in [0.15, 0.2) is 0 Å². The van der Waals surface area contributed by atoms with E-state index in [0.29, 0.717) is 24.1 Å². The van der Waals surface area contributed by atoms with Gasteiger partial charge in [-0.3, -0.25) is 10.1 Å². The smallest absolute Gasteiger partial charge is 0.338 e. The maximum atomic E-state index is 11.1. The first kappa shape index (κ1) is 14.9. The van der Waals surface area contributed by atoms with Crippen LogP contribution in [0.15, 0.2) is 18.2 Å². The van der Waals surface area contributed by atoms with Crippen LogP contribution in [0.4, 0.5) is 11.4 Å². The van der Waals surface area contributed by atoms with Gasteiger partial charge in [-0.05, 0) is 17.9 Å². The van der Waals surface area contributed by atoms with Crippen molar-refractivity contribution < 1.29 is 14.8 Å². The molecule has 2 N–H and O–H groups in total. The summed E-state index contributed by atoms with van der Waals surface area (Å²) >= 11 is 0. The molecule has 0 saturated heterocycles. The number of hydrogen-bond acceptors (Lipinski definition) is 4. The Morgan fingerprint density at radius 3 is 2.53 bits per heavy atom. The summed E-state index contributed by atoms with van der Waals surface area (Å²) in [5, 5.41) is 22.8. The Morgan fingerprint density at radius 2 is 2.05 bits per heavy atom. The number of hydrogen-bond donors (Lipinski definition) is 2. The average Bonchev–Trinajstić information content (AvgIpc) is 2.35. The highest BCUT2D eigenvalue weighted by molar-refractivity contribution is 5.95. The summed E-state index contributed by atoms with van der Waals surface area (Å²) in [4.78, 5) is 21.1. The number of nitro benzene ring substituents is 1. The maximum absolute atomic E-state index is 11.1. The largest absolute Gasteiger partial charge is 0.478 e. The Balaban J connectivity index is 2.94. The first-order chi connectivity index (χ1) is 8.82. The van der Waals surface area contributed by atoms with Crippen molar-refractivity contribution in [3.8, 4) is 0 Å². The van der Waals surface area contributed by atoms with Crippen molar-refractivity contribution in [2.24, 2.45) is 11.8 Å². The molecule has 0 aliphatic carbocycles. The molecule has 1 aromatic carbocycles. The summed E-state index contributed by atoms with van der Waals surface area (Å²) in [6, 6.07) is 3.81. The monoisotopic (exact) mass is 266 g/mol. The van der Waals surface area contributed by atoms with Gasteiger partial charge in [0.2, 0.25) is 0 Å². The number of nitrogens with one attached hydrogen (secondary N) is 1. The third-order valence-electron chi connectivity index (χ3n) is 3.20. The van der Waals surface area contributed by atoms with Gasteiger partial charge in [-0.25, -0.2) is 4.79 Å². The zero-order valence-corrected chi connectivity index (χ0v) is 11.2. The van der Waals surface area contributed by atoms with E-state index in [1.165, 1.54) is 12.1 Å². The minimum absolute atomic E-state index is 0.0786. The van der Waals surface area contributed by atoms with Crippen LogP contribution >= 0.6 is 0 Å². The van der Waals surface area contributed by atoms with Crippen LogP contribution in [0.3, 0.4) is 0 Å². The van der Waals surface area contributed by atoms with Gasteiger partial charge < -0.3 is 10.4 Å². The molecule has 0 aromatic heterocycles. The number of nitrogens with zero attached hydrogens (tertiary/aromatic N) is 1. The number of benzene rings is 1. The van der Waals surface area contributed by atoms with Crippen LogP contribution in [0.5, 0.6) is 0 Å². The van der Waals surface area contributed by atoms with Crippen LogP contribution in [-0.4, -0.2) is 22.5 Å². The molecule has 19 heavy (non-hydrogen) atoms. The lowest BCUT2D eigenvalue weighted by atomic mass is 9.98. The SMILES string of the molecule is CC(C)C(C)CNc1ccc([N+](=O)[O-])cc1C(=O)O. The number of nitro groups is 1. The number of carboxylic acids is 1. The molecule has 6 heteroatoms. The fourth-order valence-electron chi connectivity index (χ4n) is 1.48.